The predicted octanol–water partition coefficient (Wildman–Crippen LogP) is 5.78. The van der Waals surface area contributed by atoms with Gasteiger partial charge in [0.05, 0.1) is 29.0 Å². The minimum absolute atomic E-state index is 0.163. The number of amides is 1. The Kier molecular flexibility index (Phi) is 7.20. The highest BCUT2D eigenvalue weighted by atomic mass is 32.1. The average Bonchev–Trinajstić information content (AvgIpc) is 3.30. The smallest absolute Gasteiger partial charge is 0.269 e. The number of thiazole rings is 1. The van der Waals surface area contributed by atoms with Crippen LogP contribution in [0.5, 0.6) is 11.5 Å². The van der Waals surface area contributed by atoms with Crippen LogP contribution in [0.25, 0.3) is 10.2 Å². The normalized spacial score (nSPS) is 17.7. The number of ether oxygens (including phenoxy) is 2. The summed E-state index contributed by atoms with van der Waals surface area (Å²) in [6.45, 7) is 0.626. The van der Waals surface area contributed by atoms with Gasteiger partial charge >= 0.3 is 0 Å². The fraction of sp³-hybridized carbons (Fsp3) is 0.296. The SMILES string of the molecule is CNC(=O)c1cc(Oc2ccc3nc(NC4CCCCC4OCc4ccccc4)sc3c2)ccn1. The molecule has 1 amide bonds. The van der Waals surface area contributed by atoms with Gasteiger partial charge in [-0.25, -0.2) is 4.98 Å². The first-order chi connectivity index (χ1) is 17.2. The van der Waals surface area contributed by atoms with Crippen molar-refractivity contribution in [3.63, 3.8) is 0 Å². The third kappa shape index (κ3) is 5.78. The number of fused-ring (bicyclic) bond motifs is 1. The summed E-state index contributed by atoms with van der Waals surface area (Å²) in [6.07, 6.45) is 6.23. The van der Waals surface area contributed by atoms with Gasteiger partial charge < -0.3 is 20.1 Å². The molecule has 180 valence electrons. The molecule has 2 N–H and O–H groups in total. The first-order valence-electron chi connectivity index (χ1n) is 11.9. The summed E-state index contributed by atoms with van der Waals surface area (Å²) >= 11 is 1.61. The Morgan fingerprint density at radius 2 is 1.89 bits per heavy atom. The van der Waals surface area contributed by atoms with Gasteiger partial charge in [-0.1, -0.05) is 54.5 Å². The molecule has 4 aromatic rings. The van der Waals surface area contributed by atoms with E-state index < -0.39 is 0 Å². The number of pyridine rings is 1. The number of benzene rings is 2. The van der Waals surface area contributed by atoms with Crippen molar-refractivity contribution in [1.29, 1.82) is 0 Å². The molecular formula is C27H28N4O3S. The zero-order valence-electron chi connectivity index (χ0n) is 19.6. The maximum atomic E-state index is 11.8. The molecule has 2 aromatic heterocycles. The lowest BCUT2D eigenvalue weighted by Crippen LogP contribution is -2.38. The highest BCUT2D eigenvalue weighted by Gasteiger charge is 2.26. The van der Waals surface area contributed by atoms with Crippen LogP contribution < -0.4 is 15.4 Å². The van der Waals surface area contributed by atoms with Crippen molar-refractivity contribution < 1.29 is 14.3 Å². The van der Waals surface area contributed by atoms with E-state index in [-0.39, 0.29) is 18.1 Å². The van der Waals surface area contributed by atoms with Crippen LogP contribution in [0.1, 0.15) is 41.7 Å². The summed E-state index contributed by atoms with van der Waals surface area (Å²) < 4.78 is 13.3. The summed E-state index contributed by atoms with van der Waals surface area (Å²) in [5.41, 5.74) is 2.43. The second-order valence-corrected chi connectivity index (χ2v) is 9.61. The lowest BCUT2D eigenvalue weighted by Gasteiger charge is -2.32. The number of rotatable bonds is 8. The van der Waals surface area contributed by atoms with Crippen molar-refractivity contribution in [3.05, 3.63) is 78.1 Å². The maximum absolute atomic E-state index is 11.8. The Labute approximate surface area is 208 Å². The van der Waals surface area contributed by atoms with Crippen molar-refractivity contribution in [3.8, 4) is 11.5 Å². The highest BCUT2D eigenvalue weighted by Crippen LogP contribution is 2.33. The molecule has 0 radical (unpaired) electrons. The van der Waals surface area contributed by atoms with Crippen LogP contribution >= 0.6 is 11.3 Å². The number of aromatic nitrogens is 2. The van der Waals surface area contributed by atoms with E-state index in [9.17, 15) is 4.79 Å². The van der Waals surface area contributed by atoms with Gasteiger partial charge in [0.2, 0.25) is 0 Å². The first kappa shape index (κ1) is 23.3. The maximum Gasteiger partial charge on any atom is 0.269 e. The molecule has 1 saturated carbocycles. The van der Waals surface area contributed by atoms with E-state index >= 15 is 0 Å². The number of nitrogens with one attached hydrogen (secondary N) is 2. The number of hydrogen-bond donors (Lipinski definition) is 2. The van der Waals surface area contributed by atoms with E-state index in [0.29, 0.717) is 23.8 Å². The quantitative estimate of drug-likeness (QED) is 0.327. The third-order valence-electron chi connectivity index (χ3n) is 6.11. The highest BCUT2D eigenvalue weighted by molar-refractivity contribution is 7.22. The molecule has 1 aliphatic carbocycles. The lowest BCUT2D eigenvalue weighted by molar-refractivity contribution is 0.00884. The van der Waals surface area contributed by atoms with E-state index in [1.807, 2.05) is 36.4 Å². The van der Waals surface area contributed by atoms with Crippen LogP contribution in [0.3, 0.4) is 0 Å². The van der Waals surface area contributed by atoms with Crippen molar-refractivity contribution >= 4 is 32.6 Å². The van der Waals surface area contributed by atoms with Crippen LogP contribution in [0.15, 0.2) is 66.9 Å². The minimum atomic E-state index is -0.252. The molecule has 8 heteroatoms. The van der Waals surface area contributed by atoms with Crippen molar-refractivity contribution in [2.24, 2.45) is 0 Å². The van der Waals surface area contributed by atoms with Crippen molar-refractivity contribution in [1.82, 2.24) is 15.3 Å². The molecule has 1 fully saturated rings. The average molecular weight is 489 g/mol. The molecular weight excluding hydrogens is 460 g/mol. The number of anilines is 1. The Morgan fingerprint density at radius 1 is 1.06 bits per heavy atom. The van der Waals surface area contributed by atoms with E-state index in [0.717, 1.165) is 28.2 Å². The van der Waals surface area contributed by atoms with Gasteiger partial charge in [-0.3, -0.25) is 9.78 Å². The van der Waals surface area contributed by atoms with E-state index in [2.05, 4.69) is 27.8 Å². The first-order valence-corrected chi connectivity index (χ1v) is 12.7. The van der Waals surface area contributed by atoms with Crippen molar-refractivity contribution in [2.75, 3.05) is 12.4 Å². The molecule has 2 atom stereocenters. The molecule has 2 aromatic carbocycles. The van der Waals surface area contributed by atoms with Crippen LogP contribution in [0.4, 0.5) is 5.13 Å². The van der Waals surface area contributed by atoms with Crippen LogP contribution in [0.2, 0.25) is 0 Å². The van der Waals surface area contributed by atoms with Gasteiger partial charge in [-0.15, -0.1) is 0 Å². The molecule has 0 aliphatic heterocycles. The summed E-state index contributed by atoms with van der Waals surface area (Å²) in [6, 6.07) is 19.7. The molecule has 0 bridgehead atoms. The fourth-order valence-corrected chi connectivity index (χ4v) is 5.25. The van der Waals surface area contributed by atoms with Gasteiger partial charge in [0.1, 0.15) is 17.2 Å². The molecule has 35 heavy (non-hydrogen) atoms. The number of carbonyl (C=O) groups excluding carboxylic acids is 1. The summed E-state index contributed by atoms with van der Waals surface area (Å²) in [5, 5.41) is 7.11. The zero-order valence-corrected chi connectivity index (χ0v) is 20.4. The largest absolute Gasteiger partial charge is 0.457 e. The molecule has 7 nitrogen and oxygen atoms in total. The molecule has 0 spiro atoms. The van der Waals surface area contributed by atoms with Crippen LogP contribution in [0, 0.1) is 0 Å². The van der Waals surface area contributed by atoms with Crippen molar-refractivity contribution in [2.45, 2.75) is 44.4 Å². The Bertz CT molecular complexity index is 1290. The molecule has 2 heterocycles. The second kappa shape index (κ2) is 10.8. The van der Waals surface area contributed by atoms with Gasteiger partial charge in [0.25, 0.3) is 5.91 Å². The summed E-state index contributed by atoms with van der Waals surface area (Å²) in [7, 11) is 1.58. The molecule has 0 saturated heterocycles. The number of nitrogens with zero attached hydrogens (tertiary/aromatic N) is 2. The van der Waals surface area contributed by atoms with Crippen LogP contribution in [-0.4, -0.2) is 35.1 Å². The van der Waals surface area contributed by atoms with E-state index in [4.69, 9.17) is 14.5 Å². The molecule has 5 rings (SSSR count). The van der Waals surface area contributed by atoms with E-state index in [1.54, 1.807) is 36.7 Å². The third-order valence-corrected chi connectivity index (χ3v) is 7.05. The minimum Gasteiger partial charge on any atom is -0.457 e. The van der Waals surface area contributed by atoms with Crippen LogP contribution in [-0.2, 0) is 11.3 Å². The van der Waals surface area contributed by atoms with Gasteiger partial charge in [-0.2, -0.15) is 0 Å². The Hall–Kier alpha value is -3.49. The number of carbonyl (C=O) groups is 1. The molecule has 2 unspecified atom stereocenters. The van der Waals surface area contributed by atoms with E-state index in [1.165, 1.54) is 18.4 Å². The number of hydrogen-bond acceptors (Lipinski definition) is 7. The fourth-order valence-electron chi connectivity index (χ4n) is 4.29. The zero-order chi connectivity index (χ0) is 24.0. The Balaban J connectivity index is 1.26. The summed E-state index contributed by atoms with van der Waals surface area (Å²) in [4.78, 5) is 20.7. The molecule has 1 aliphatic rings. The standard InChI is InChI=1S/C27H28N4O3S/c1-28-26(32)23-15-20(13-14-29-23)34-19-11-12-22-25(16-19)35-27(31-22)30-21-9-5-6-10-24(21)33-17-18-7-3-2-4-8-18/h2-4,7-8,11-16,21,24H,5-6,9-10,17H2,1H3,(H,28,32)(H,30,31). The predicted molar refractivity (Wildman–Crippen MR) is 138 cm³/mol. The monoisotopic (exact) mass is 488 g/mol. The summed E-state index contributed by atoms with van der Waals surface area (Å²) in [5.74, 6) is 0.989. The topological polar surface area (TPSA) is 85.4 Å². The van der Waals surface area contributed by atoms with Gasteiger partial charge in [0.15, 0.2) is 5.13 Å². The second-order valence-electron chi connectivity index (χ2n) is 8.58. The van der Waals surface area contributed by atoms with Gasteiger partial charge in [0, 0.05) is 25.4 Å². The lowest BCUT2D eigenvalue weighted by atomic mass is 9.92. The van der Waals surface area contributed by atoms with Gasteiger partial charge in [-0.05, 0) is 36.6 Å². The Morgan fingerprint density at radius 3 is 2.74 bits per heavy atom.